The first kappa shape index (κ1) is 26.7. The number of hydrogen-bond donors (Lipinski definition) is 2. The van der Waals surface area contributed by atoms with Gasteiger partial charge in [0, 0.05) is 36.8 Å². The van der Waals surface area contributed by atoms with Crippen molar-refractivity contribution in [3.63, 3.8) is 0 Å². The SMILES string of the molecule is Cc1cc(-c2ccc(CN(C(=O)CC(C)(C)C)c3nccc4cc(N5CCC(O)C5)ccc34)cc2)ccc1O. The number of anilines is 2. The molecule has 1 aliphatic heterocycles. The maximum absolute atomic E-state index is 13.7. The zero-order valence-corrected chi connectivity index (χ0v) is 23.2. The summed E-state index contributed by atoms with van der Waals surface area (Å²) in [5.74, 6) is 0.983. The van der Waals surface area contributed by atoms with Crippen molar-refractivity contribution in [2.24, 2.45) is 5.41 Å². The van der Waals surface area contributed by atoms with Crippen molar-refractivity contribution in [1.82, 2.24) is 4.98 Å². The van der Waals surface area contributed by atoms with Gasteiger partial charge in [-0.2, -0.15) is 0 Å². The van der Waals surface area contributed by atoms with Gasteiger partial charge in [-0.25, -0.2) is 4.98 Å². The van der Waals surface area contributed by atoms with Gasteiger partial charge in [0.1, 0.15) is 11.6 Å². The summed E-state index contributed by atoms with van der Waals surface area (Å²) in [5, 5.41) is 21.8. The van der Waals surface area contributed by atoms with E-state index in [-0.39, 0.29) is 23.2 Å². The number of phenolic OH excluding ortho intramolecular Hbond substituents is 1. The van der Waals surface area contributed by atoms with Gasteiger partial charge in [-0.1, -0.05) is 51.1 Å². The van der Waals surface area contributed by atoms with Crippen LogP contribution >= 0.6 is 0 Å². The number of aromatic nitrogens is 1. The Balaban J connectivity index is 1.47. The molecule has 202 valence electrons. The molecular formula is C33H37N3O3. The molecule has 2 heterocycles. The highest BCUT2D eigenvalue weighted by Gasteiger charge is 2.26. The average molecular weight is 524 g/mol. The maximum Gasteiger partial charge on any atom is 0.229 e. The van der Waals surface area contributed by atoms with E-state index in [0.717, 1.165) is 51.7 Å². The average Bonchev–Trinajstić information content (AvgIpc) is 3.34. The molecule has 1 amide bonds. The van der Waals surface area contributed by atoms with Gasteiger partial charge in [-0.3, -0.25) is 9.69 Å². The quantitative estimate of drug-likeness (QED) is 0.303. The second kappa shape index (κ2) is 10.7. The Morgan fingerprint density at radius 3 is 2.44 bits per heavy atom. The number of β-amino-alcohol motifs (C(OH)–C–C–N with tert-alkyl or cyclic N) is 1. The molecule has 1 atom stereocenters. The molecule has 0 spiro atoms. The van der Waals surface area contributed by atoms with Crippen molar-refractivity contribution in [3.05, 3.63) is 84.1 Å². The number of carbonyl (C=O) groups excluding carboxylic acids is 1. The van der Waals surface area contributed by atoms with E-state index >= 15 is 0 Å². The normalized spacial score (nSPS) is 15.6. The Morgan fingerprint density at radius 1 is 1.03 bits per heavy atom. The number of rotatable bonds is 6. The lowest BCUT2D eigenvalue weighted by Gasteiger charge is -2.27. The van der Waals surface area contributed by atoms with Crippen LogP contribution in [0.1, 0.15) is 44.7 Å². The van der Waals surface area contributed by atoms with E-state index in [1.54, 1.807) is 12.3 Å². The molecule has 5 rings (SSSR count). The van der Waals surface area contributed by atoms with Crippen LogP contribution in [-0.2, 0) is 11.3 Å². The molecular weight excluding hydrogens is 486 g/mol. The van der Waals surface area contributed by atoms with Crippen LogP contribution < -0.4 is 9.80 Å². The number of nitrogens with zero attached hydrogens (tertiary/aromatic N) is 3. The highest BCUT2D eigenvalue weighted by Crippen LogP contribution is 2.33. The molecule has 3 aromatic carbocycles. The molecule has 0 bridgehead atoms. The molecule has 6 nitrogen and oxygen atoms in total. The summed E-state index contributed by atoms with van der Waals surface area (Å²) >= 11 is 0. The molecule has 1 fully saturated rings. The molecule has 39 heavy (non-hydrogen) atoms. The Hall–Kier alpha value is -3.90. The Bertz CT molecular complexity index is 1490. The predicted octanol–water partition coefficient (Wildman–Crippen LogP) is 6.46. The van der Waals surface area contributed by atoms with Crippen molar-refractivity contribution < 1.29 is 15.0 Å². The number of aryl methyl sites for hydroxylation is 1. The number of fused-ring (bicyclic) bond motifs is 1. The van der Waals surface area contributed by atoms with E-state index in [4.69, 9.17) is 4.98 Å². The lowest BCUT2D eigenvalue weighted by Crippen LogP contribution is -2.34. The van der Waals surface area contributed by atoms with Crippen LogP contribution in [0.2, 0.25) is 0 Å². The zero-order chi connectivity index (χ0) is 27.7. The second-order valence-corrected chi connectivity index (χ2v) is 11.8. The first-order valence-electron chi connectivity index (χ1n) is 13.6. The van der Waals surface area contributed by atoms with Crippen molar-refractivity contribution in [2.75, 3.05) is 22.9 Å². The largest absolute Gasteiger partial charge is 0.508 e. The van der Waals surface area contributed by atoms with Crippen LogP contribution in [0.4, 0.5) is 11.5 Å². The first-order valence-corrected chi connectivity index (χ1v) is 13.6. The molecule has 1 saturated heterocycles. The van der Waals surface area contributed by atoms with Gasteiger partial charge in [-0.15, -0.1) is 0 Å². The fourth-order valence-electron chi connectivity index (χ4n) is 5.19. The summed E-state index contributed by atoms with van der Waals surface area (Å²) in [6, 6.07) is 22.0. The van der Waals surface area contributed by atoms with Crippen molar-refractivity contribution in [1.29, 1.82) is 0 Å². The van der Waals surface area contributed by atoms with E-state index in [0.29, 0.717) is 25.3 Å². The van der Waals surface area contributed by atoms with Crippen LogP contribution in [0.3, 0.4) is 0 Å². The van der Waals surface area contributed by atoms with Gasteiger partial charge in [0.25, 0.3) is 0 Å². The summed E-state index contributed by atoms with van der Waals surface area (Å²) in [7, 11) is 0. The number of aliphatic hydroxyl groups is 1. The van der Waals surface area contributed by atoms with Gasteiger partial charge >= 0.3 is 0 Å². The molecule has 6 heteroatoms. The fourth-order valence-corrected chi connectivity index (χ4v) is 5.19. The van der Waals surface area contributed by atoms with Crippen molar-refractivity contribution >= 4 is 28.2 Å². The van der Waals surface area contributed by atoms with Crippen LogP contribution in [0.5, 0.6) is 5.75 Å². The third-order valence-electron chi connectivity index (χ3n) is 7.32. The lowest BCUT2D eigenvalue weighted by molar-refractivity contribution is -0.120. The summed E-state index contributed by atoms with van der Waals surface area (Å²) in [6.07, 6.45) is 2.66. The fraction of sp³-hybridized carbons (Fsp3) is 0.333. The summed E-state index contributed by atoms with van der Waals surface area (Å²) in [4.78, 5) is 22.4. The Kier molecular flexibility index (Phi) is 7.32. The van der Waals surface area contributed by atoms with Crippen LogP contribution in [0.25, 0.3) is 21.9 Å². The van der Waals surface area contributed by atoms with Crippen LogP contribution in [0, 0.1) is 12.3 Å². The molecule has 0 saturated carbocycles. The summed E-state index contributed by atoms with van der Waals surface area (Å²) < 4.78 is 0. The first-order chi connectivity index (χ1) is 18.6. The standard InChI is InChI=1S/C33H37N3O3/c1-22-17-25(9-12-30(22)38)24-7-5-23(6-8-24)20-36(31(39)19-33(2,3)4)32-29-11-10-27(18-26(29)13-15-34-32)35-16-14-28(37)21-35/h5-13,15,17-18,28,37-38H,14,16,19-21H2,1-4H3. The number of benzene rings is 3. The molecule has 0 aliphatic carbocycles. The number of aliphatic hydroxyl groups excluding tert-OH is 1. The minimum absolute atomic E-state index is 0.0347. The van der Waals surface area contributed by atoms with E-state index in [1.165, 1.54) is 0 Å². The van der Waals surface area contributed by atoms with Crippen molar-refractivity contribution in [2.45, 2.75) is 53.2 Å². The second-order valence-electron chi connectivity index (χ2n) is 11.8. The number of hydrogen-bond acceptors (Lipinski definition) is 5. The lowest BCUT2D eigenvalue weighted by atomic mass is 9.91. The van der Waals surface area contributed by atoms with E-state index < -0.39 is 0 Å². The van der Waals surface area contributed by atoms with E-state index in [1.807, 2.05) is 36.1 Å². The number of aromatic hydroxyl groups is 1. The minimum Gasteiger partial charge on any atom is -0.508 e. The number of pyridine rings is 1. The van der Waals surface area contributed by atoms with Crippen LogP contribution in [-0.4, -0.2) is 40.3 Å². The predicted molar refractivity (Wildman–Crippen MR) is 158 cm³/mol. The summed E-state index contributed by atoms with van der Waals surface area (Å²) in [5.41, 5.74) is 4.85. The summed E-state index contributed by atoms with van der Waals surface area (Å²) in [6.45, 7) is 10.00. The van der Waals surface area contributed by atoms with Gasteiger partial charge < -0.3 is 15.1 Å². The molecule has 1 aliphatic rings. The van der Waals surface area contributed by atoms with Gasteiger partial charge in [-0.05, 0) is 82.8 Å². The van der Waals surface area contributed by atoms with E-state index in [9.17, 15) is 15.0 Å². The molecule has 4 aromatic rings. The Labute approximate surface area is 230 Å². The van der Waals surface area contributed by atoms with Gasteiger partial charge in [0.05, 0.1) is 12.6 Å². The van der Waals surface area contributed by atoms with Gasteiger partial charge in [0.15, 0.2) is 0 Å². The highest BCUT2D eigenvalue weighted by atomic mass is 16.3. The third kappa shape index (κ3) is 6.07. The minimum atomic E-state index is -0.288. The van der Waals surface area contributed by atoms with Gasteiger partial charge in [0.2, 0.25) is 5.91 Å². The monoisotopic (exact) mass is 523 g/mol. The number of carbonyl (C=O) groups is 1. The smallest absolute Gasteiger partial charge is 0.229 e. The molecule has 1 unspecified atom stereocenters. The van der Waals surface area contributed by atoms with Crippen molar-refractivity contribution in [3.8, 4) is 16.9 Å². The zero-order valence-electron chi connectivity index (χ0n) is 23.2. The molecule has 0 radical (unpaired) electrons. The number of amides is 1. The molecule has 2 N–H and O–H groups in total. The Morgan fingerprint density at radius 2 is 1.77 bits per heavy atom. The topological polar surface area (TPSA) is 76.9 Å². The number of phenols is 1. The van der Waals surface area contributed by atoms with E-state index in [2.05, 4.69) is 62.1 Å². The third-order valence-corrected chi connectivity index (χ3v) is 7.32. The highest BCUT2D eigenvalue weighted by molar-refractivity contribution is 6.03. The van der Waals surface area contributed by atoms with Crippen LogP contribution in [0.15, 0.2) is 72.9 Å². The molecule has 1 aromatic heterocycles. The maximum atomic E-state index is 13.7.